The van der Waals surface area contributed by atoms with Crippen molar-refractivity contribution < 1.29 is 0 Å². The third-order valence-corrected chi connectivity index (χ3v) is 11.9. The van der Waals surface area contributed by atoms with Gasteiger partial charge in [0.1, 0.15) is 0 Å². The highest BCUT2D eigenvalue weighted by molar-refractivity contribution is 7.27. The van der Waals surface area contributed by atoms with Crippen LogP contribution in [-0.2, 0) is 5.41 Å². The Balaban J connectivity index is 1.10. The highest BCUT2D eigenvalue weighted by Gasteiger charge is 2.35. The van der Waals surface area contributed by atoms with Crippen LogP contribution in [0.2, 0.25) is 0 Å². The van der Waals surface area contributed by atoms with Crippen molar-refractivity contribution in [1.29, 1.82) is 0 Å². The number of hydrogen-bond acceptors (Lipinski definition) is 2. The van der Waals surface area contributed by atoms with Gasteiger partial charge in [-0.15, -0.1) is 11.3 Å². The van der Waals surface area contributed by atoms with E-state index in [9.17, 15) is 0 Å². The fraction of sp³-hybridized carbons (Fsp3) is 0.0638. The van der Waals surface area contributed by atoms with E-state index < -0.39 is 0 Å². The van der Waals surface area contributed by atoms with Crippen molar-refractivity contribution >= 4 is 70.1 Å². The Bertz CT molecular complexity index is 2730. The van der Waals surface area contributed by atoms with E-state index in [4.69, 9.17) is 0 Å². The van der Waals surface area contributed by atoms with Gasteiger partial charge in [-0.05, 0) is 85.9 Å². The number of para-hydroxylation sites is 1. The van der Waals surface area contributed by atoms with Crippen LogP contribution in [0.3, 0.4) is 0 Å². The molecule has 0 saturated carbocycles. The summed E-state index contributed by atoms with van der Waals surface area (Å²) >= 11 is 1.93. The monoisotopic (exact) mass is 643 g/mol. The van der Waals surface area contributed by atoms with Crippen molar-refractivity contribution in [3.63, 3.8) is 0 Å². The van der Waals surface area contributed by atoms with Crippen LogP contribution in [0.15, 0.2) is 164 Å². The van der Waals surface area contributed by atoms with E-state index in [2.05, 4.69) is 183 Å². The molecule has 0 aliphatic heterocycles. The molecule has 1 heterocycles. The number of rotatable bonds is 4. The normalized spacial score (nSPS) is 13.3. The van der Waals surface area contributed by atoms with E-state index in [0.717, 1.165) is 11.4 Å². The molecule has 1 nitrogen and oxygen atoms in total. The maximum Gasteiger partial charge on any atom is 0.0465 e. The lowest BCUT2D eigenvalue weighted by Gasteiger charge is -2.28. The van der Waals surface area contributed by atoms with Crippen molar-refractivity contribution in [3.05, 3.63) is 175 Å². The van der Waals surface area contributed by atoms with Crippen LogP contribution in [0, 0.1) is 0 Å². The number of anilines is 3. The first-order chi connectivity index (χ1) is 24.1. The molecule has 1 aliphatic rings. The first-order valence-corrected chi connectivity index (χ1v) is 17.8. The molecule has 0 radical (unpaired) electrons. The van der Waals surface area contributed by atoms with Crippen molar-refractivity contribution in [3.8, 4) is 22.3 Å². The molecular formula is C47H33NS. The van der Waals surface area contributed by atoms with E-state index in [-0.39, 0.29) is 5.41 Å². The number of thiophene rings is 1. The Kier molecular flexibility index (Phi) is 6.16. The molecule has 8 aromatic carbocycles. The van der Waals surface area contributed by atoms with Gasteiger partial charge >= 0.3 is 0 Å². The molecule has 0 saturated heterocycles. The molecule has 10 rings (SSSR count). The van der Waals surface area contributed by atoms with Gasteiger partial charge in [0, 0.05) is 48.0 Å². The van der Waals surface area contributed by atoms with Gasteiger partial charge in [-0.3, -0.25) is 0 Å². The fourth-order valence-electron chi connectivity index (χ4n) is 8.22. The molecule has 2 heteroatoms. The highest BCUT2D eigenvalue weighted by Crippen LogP contribution is 2.51. The molecule has 0 bridgehead atoms. The molecule has 0 atom stereocenters. The Morgan fingerprint density at radius 3 is 1.94 bits per heavy atom. The lowest BCUT2D eigenvalue weighted by molar-refractivity contribution is 0.660. The number of hydrogen-bond donors (Lipinski definition) is 0. The minimum atomic E-state index is -0.0608. The van der Waals surface area contributed by atoms with Crippen molar-refractivity contribution in [1.82, 2.24) is 0 Å². The minimum Gasteiger partial charge on any atom is -0.310 e. The second kappa shape index (κ2) is 10.7. The van der Waals surface area contributed by atoms with Gasteiger partial charge in [-0.1, -0.05) is 141 Å². The van der Waals surface area contributed by atoms with Crippen LogP contribution in [0.5, 0.6) is 0 Å². The Labute approximate surface area is 290 Å². The SMILES string of the molecule is CC1(C)c2ccccc2-c2ccc(N(c3ccccc3)c3ccc(-c4cccc5c4sc4c5ccc5ccc6ccccc6c54)cc3)cc21. The maximum absolute atomic E-state index is 2.40. The smallest absolute Gasteiger partial charge is 0.0465 e. The minimum absolute atomic E-state index is 0.0608. The maximum atomic E-state index is 2.40. The van der Waals surface area contributed by atoms with Gasteiger partial charge < -0.3 is 4.90 Å². The molecule has 0 N–H and O–H groups in total. The standard InChI is InChI=1S/C47H33NS/c1-47(2)42-18-9-8-15-38(42)39-28-26-35(29-43(39)47)48(33-12-4-3-5-13-33)34-24-21-31(22-25-34)37-16-10-17-40-41-27-23-32-20-19-30-11-6-7-14-36(30)44(32)46(41)49-45(37)40/h3-29H,1-2H3. The molecule has 232 valence electrons. The van der Waals surface area contributed by atoms with Crippen molar-refractivity contribution in [2.45, 2.75) is 19.3 Å². The summed E-state index contributed by atoms with van der Waals surface area (Å²) in [5, 5.41) is 7.92. The Hall–Kier alpha value is -5.70. The average molecular weight is 644 g/mol. The summed E-state index contributed by atoms with van der Waals surface area (Å²) in [4.78, 5) is 2.39. The summed E-state index contributed by atoms with van der Waals surface area (Å²) in [5.41, 5.74) is 11.4. The van der Waals surface area contributed by atoms with E-state index in [0.29, 0.717) is 0 Å². The van der Waals surface area contributed by atoms with Crippen LogP contribution in [0.25, 0.3) is 64.0 Å². The van der Waals surface area contributed by atoms with E-state index in [1.807, 2.05) is 11.3 Å². The van der Waals surface area contributed by atoms with Gasteiger partial charge in [0.15, 0.2) is 0 Å². The summed E-state index contributed by atoms with van der Waals surface area (Å²) in [6.07, 6.45) is 0. The zero-order chi connectivity index (χ0) is 32.7. The molecule has 0 fully saturated rings. The first kappa shape index (κ1) is 28.3. The van der Waals surface area contributed by atoms with E-state index in [1.54, 1.807) is 0 Å². The van der Waals surface area contributed by atoms with Gasteiger partial charge in [0.25, 0.3) is 0 Å². The van der Waals surface area contributed by atoms with Gasteiger partial charge in [0.2, 0.25) is 0 Å². The molecule has 1 aliphatic carbocycles. The van der Waals surface area contributed by atoms with E-state index in [1.165, 1.54) is 80.8 Å². The second-order valence-electron chi connectivity index (χ2n) is 13.7. The molecule has 1 aromatic heterocycles. The zero-order valence-corrected chi connectivity index (χ0v) is 28.3. The topological polar surface area (TPSA) is 3.24 Å². The van der Waals surface area contributed by atoms with E-state index >= 15 is 0 Å². The number of nitrogens with zero attached hydrogens (tertiary/aromatic N) is 1. The predicted molar refractivity (Wildman–Crippen MR) is 212 cm³/mol. The Morgan fingerprint density at radius 1 is 0.429 bits per heavy atom. The predicted octanol–water partition coefficient (Wildman–Crippen LogP) is 13.8. The molecule has 49 heavy (non-hydrogen) atoms. The number of fused-ring (bicyclic) bond motifs is 10. The molecule has 9 aromatic rings. The summed E-state index contributed by atoms with van der Waals surface area (Å²) in [6.45, 7) is 4.70. The summed E-state index contributed by atoms with van der Waals surface area (Å²) in [5.74, 6) is 0. The zero-order valence-electron chi connectivity index (χ0n) is 27.4. The largest absolute Gasteiger partial charge is 0.310 e. The second-order valence-corrected chi connectivity index (χ2v) is 14.8. The molecule has 0 amide bonds. The first-order valence-electron chi connectivity index (χ1n) is 17.0. The Morgan fingerprint density at radius 2 is 1.06 bits per heavy atom. The van der Waals surface area contributed by atoms with Gasteiger partial charge in [-0.25, -0.2) is 0 Å². The summed E-state index contributed by atoms with van der Waals surface area (Å²) in [6, 6.07) is 60.4. The van der Waals surface area contributed by atoms with Crippen LogP contribution in [0.1, 0.15) is 25.0 Å². The van der Waals surface area contributed by atoms with Gasteiger partial charge in [0.05, 0.1) is 0 Å². The fourth-order valence-corrected chi connectivity index (χ4v) is 9.62. The average Bonchev–Trinajstić information content (AvgIpc) is 3.65. The van der Waals surface area contributed by atoms with Crippen molar-refractivity contribution in [2.75, 3.05) is 4.90 Å². The lowest BCUT2D eigenvalue weighted by atomic mass is 9.82. The van der Waals surface area contributed by atoms with Crippen LogP contribution >= 0.6 is 11.3 Å². The highest BCUT2D eigenvalue weighted by atomic mass is 32.1. The quantitative estimate of drug-likeness (QED) is 0.173. The lowest BCUT2D eigenvalue weighted by Crippen LogP contribution is -2.16. The summed E-state index contributed by atoms with van der Waals surface area (Å²) in [7, 11) is 0. The van der Waals surface area contributed by atoms with Crippen molar-refractivity contribution in [2.24, 2.45) is 0 Å². The summed E-state index contributed by atoms with van der Waals surface area (Å²) < 4.78 is 2.70. The van der Waals surface area contributed by atoms with Crippen LogP contribution < -0.4 is 4.90 Å². The molecular weight excluding hydrogens is 611 g/mol. The third kappa shape index (κ3) is 4.24. The molecule has 0 unspecified atom stereocenters. The number of benzene rings is 8. The molecule has 0 spiro atoms. The van der Waals surface area contributed by atoms with Gasteiger partial charge in [-0.2, -0.15) is 0 Å². The van der Waals surface area contributed by atoms with Crippen LogP contribution in [0.4, 0.5) is 17.1 Å². The third-order valence-electron chi connectivity index (χ3n) is 10.6. The van der Waals surface area contributed by atoms with Crippen LogP contribution in [-0.4, -0.2) is 0 Å².